The number of rotatable bonds is 4. The molecule has 0 aliphatic carbocycles. The number of thiocarbonyl (C=S) groups is 1. The summed E-state index contributed by atoms with van der Waals surface area (Å²) < 4.78 is 0. The summed E-state index contributed by atoms with van der Waals surface area (Å²) in [5, 5.41) is 3.35. The van der Waals surface area contributed by atoms with E-state index in [4.69, 9.17) is 18.0 Å². The van der Waals surface area contributed by atoms with Gasteiger partial charge in [0.1, 0.15) is 4.99 Å². The minimum absolute atomic E-state index is 0.451. The number of hydrogen-bond donors (Lipinski definition) is 2. The first kappa shape index (κ1) is 11.0. The molecule has 0 spiro atoms. The van der Waals surface area contributed by atoms with Crippen molar-refractivity contribution in [3.8, 4) is 0 Å². The smallest absolute Gasteiger partial charge is 0.106 e. The van der Waals surface area contributed by atoms with Crippen LogP contribution in [-0.2, 0) is 0 Å². The first-order valence-electron chi connectivity index (χ1n) is 4.80. The van der Waals surface area contributed by atoms with Crippen LogP contribution in [0.15, 0.2) is 18.2 Å². The van der Waals surface area contributed by atoms with E-state index in [2.05, 4.69) is 25.2 Å². The molecular formula is C11H16N2S. The Morgan fingerprint density at radius 1 is 1.50 bits per heavy atom. The third kappa shape index (κ3) is 2.45. The number of aryl methyl sites for hydroxylation is 1. The van der Waals surface area contributed by atoms with Crippen molar-refractivity contribution >= 4 is 22.9 Å². The molecule has 0 saturated carbocycles. The van der Waals surface area contributed by atoms with Gasteiger partial charge in [0.2, 0.25) is 0 Å². The first-order chi connectivity index (χ1) is 6.66. The predicted octanol–water partition coefficient (Wildman–Crippen LogP) is 2.45. The largest absolute Gasteiger partial charge is 0.389 e. The van der Waals surface area contributed by atoms with Gasteiger partial charge in [-0.2, -0.15) is 0 Å². The highest BCUT2D eigenvalue weighted by molar-refractivity contribution is 7.80. The van der Waals surface area contributed by atoms with E-state index >= 15 is 0 Å². The number of anilines is 1. The monoisotopic (exact) mass is 208 g/mol. The molecule has 0 bridgehead atoms. The summed E-state index contributed by atoms with van der Waals surface area (Å²) in [6.07, 6.45) is 1.09. The van der Waals surface area contributed by atoms with Crippen LogP contribution in [0, 0.1) is 6.92 Å². The summed E-state index contributed by atoms with van der Waals surface area (Å²) in [7, 11) is 0. The van der Waals surface area contributed by atoms with Crippen LogP contribution in [0.4, 0.5) is 5.69 Å². The summed E-state index contributed by atoms with van der Waals surface area (Å²) in [5.41, 5.74) is 8.84. The van der Waals surface area contributed by atoms with Crippen LogP contribution in [0.3, 0.4) is 0 Å². The van der Waals surface area contributed by atoms with Gasteiger partial charge in [0.15, 0.2) is 0 Å². The van der Waals surface area contributed by atoms with Crippen LogP contribution < -0.4 is 11.1 Å². The van der Waals surface area contributed by atoms with E-state index in [1.807, 2.05) is 12.1 Å². The zero-order chi connectivity index (χ0) is 10.6. The maximum atomic E-state index is 5.65. The molecule has 0 unspecified atom stereocenters. The summed E-state index contributed by atoms with van der Waals surface area (Å²) >= 11 is 5.00. The summed E-state index contributed by atoms with van der Waals surface area (Å²) in [6, 6.07) is 5.98. The van der Waals surface area contributed by atoms with Gasteiger partial charge < -0.3 is 11.1 Å². The molecule has 1 aromatic rings. The molecule has 3 N–H and O–H groups in total. The van der Waals surface area contributed by atoms with Crippen molar-refractivity contribution in [2.45, 2.75) is 20.3 Å². The third-order valence-corrected chi connectivity index (χ3v) is 2.31. The fourth-order valence-corrected chi connectivity index (χ4v) is 1.53. The van der Waals surface area contributed by atoms with Crippen LogP contribution in [-0.4, -0.2) is 11.5 Å². The van der Waals surface area contributed by atoms with E-state index in [0.717, 1.165) is 24.2 Å². The fourth-order valence-electron chi connectivity index (χ4n) is 1.36. The van der Waals surface area contributed by atoms with Crippen molar-refractivity contribution in [2.24, 2.45) is 5.73 Å². The zero-order valence-corrected chi connectivity index (χ0v) is 9.45. The van der Waals surface area contributed by atoms with E-state index in [1.165, 1.54) is 5.56 Å². The van der Waals surface area contributed by atoms with Crippen LogP contribution in [0.2, 0.25) is 0 Å². The van der Waals surface area contributed by atoms with Crippen molar-refractivity contribution < 1.29 is 0 Å². The second-order valence-electron chi connectivity index (χ2n) is 3.29. The summed E-state index contributed by atoms with van der Waals surface area (Å²) in [4.78, 5) is 0.451. The lowest BCUT2D eigenvalue weighted by Crippen LogP contribution is -2.14. The lowest BCUT2D eigenvalue weighted by molar-refractivity contribution is 0.977. The van der Waals surface area contributed by atoms with Gasteiger partial charge >= 0.3 is 0 Å². The van der Waals surface area contributed by atoms with Gasteiger partial charge in [0.25, 0.3) is 0 Å². The molecule has 0 radical (unpaired) electrons. The molecule has 3 heteroatoms. The minimum Gasteiger partial charge on any atom is -0.389 e. The summed E-state index contributed by atoms with van der Waals surface area (Å²) in [6.45, 7) is 5.13. The Kier molecular flexibility index (Phi) is 3.89. The number of benzene rings is 1. The molecule has 0 saturated heterocycles. The Labute approximate surface area is 90.5 Å². The normalized spacial score (nSPS) is 9.86. The first-order valence-corrected chi connectivity index (χ1v) is 5.21. The third-order valence-electron chi connectivity index (χ3n) is 2.09. The maximum absolute atomic E-state index is 5.65. The lowest BCUT2D eigenvalue weighted by atomic mass is 10.1. The van der Waals surface area contributed by atoms with Crippen LogP contribution in [0.5, 0.6) is 0 Å². The molecule has 14 heavy (non-hydrogen) atoms. The Bertz CT molecular complexity index is 334. The van der Waals surface area contributed by atoms with Gasteiger partial charge in [-0.1, -0.05) is 31.3 Å². The Morgan fingerprint density at radius 2 is 2.21 bits per heavy atom. The number of nitrogens with one attached hydrogen (secondary N) is 1. The van der Waals surface area contributed by atoms with E-state index < -0.39 is 0 Å². The van der Waals surface area contributed by atoms with E-state index in [1.54, 1.807) is 0 Å². The minimum atomic E-state index is 0.451. The maximum Gasteiger partial charge on any atom is 0.106 e. The SMILES string of the molecule is CCCNc1c(C)cccc1C(N)=S. The lowest BCUT2D eigenvalue weighted by Gasteiger charge is -2.13. The van der Waals surface area contributed by atoms with Gasteiger partial charge in [-0.15, -0.1) is 0 Å². The molecular weight excluding hydrogens is 192 g/mol. The molecule has 1 rings (SSSR count). The van der Waals surface area contributed by atoms with Crippen molar-refractivity contribution in [1.29, 1.82) is 0 Å². The van der Waals surface area contributed by atoms with E-state index in [0.29, 0.717) is 4.99 Å². The topological polar surface area (TPSA) is 38.0 Å². The summed E-state index contributed by atoms with van der Waals surface area (Å²) in [5.74, 6) is 0. The fraction of sp³-hybridized carbons (Fsp3) is 0.364. The molecule has 2 nitrogen and oxygen atoms in total. The van der Waals surface area contributed by atoms with E-state index in [9.17, 15) is 0 Å². The van der Waals surface area contributed by atoms with Crippen LogP contribution >= 0.6 is 12.2 Å². The van der Waals surface area contributed by atoms with Gasteiger partial charge in [0, 0.05) is 17.8 Å². The van der Waals surface area contributed by atoms with Gasteiger partial charge in [-0.05, 0) is 25.0 Å². The quantitative estimate of drug-likeness (QED) is 0.746. The highest BCUT2D eigenvalue weighted by Gasteiger charge is 2.06. The van der Waals surface area contributed by atoms with Crippen molar-refractivity contribution in [2.75, 3.05) is 11.9 Å². The van der Waals surface area contributed by atoms with Gasteiger partial charge in [-0.25, -0.2) is 0 Å². The standard InChI is InChI=1S/C11H16N2S/c1-3-7-13-10-8(2)5-4-6-9(10)11(12)14/h4-6,13H,3,7H2,1-2H3,(H2,12,14). The Hall–Kier alpha value is -1.09. The molecule has 0 aliphatic heterocycles. The van der Waals surface area contributed by atoms with Crippen molar-refractivity contribution in [3.05, 3.63) is 29.3 Å². The number of para-hydroxylation sites is 1. The highest BCUT2D eigenvalue weighted by atomic mass is 32.1. The molecule has 0 aromatic heterocycles. The molecule has 0 amide bonds. The van der Waals surface area contributed by atoms with Gasteiger partial charge in [-0.3, -0.25) is 0 Å². The Balaban J connectivity index is 3.02. The highest BCUT2D eigenvalue weighted by Crippen LogP contribution is 2.20. The second-order valence-corrected chi connectivity index (χ2v) is 3.73. The molecule has 0 fully saturated rings. The second kappa shape index (κ2) is 4.96. The average Bonchev–Trinajstić information content (AvgIpc) is 2.15. The molecule has 76 valence electrons. The predicted molar refractivity (Wildman–Crippen MR) is 65.8 cm³/mol. The van der Waals surface area contributed by atoms with E-state index in [-0.39, 0.29) is 0 Å². The number of hydrogen-bond acceptors (Lipinski definition) is 2. The molecule has 0 heterocycles. The molecule has 1 aromatic carbocycles. The average molecular weight is 208 g/mol. The van der Waals surface area contributed by atoms with Crippen LogP contribution in [0.25, 0.3) is 0 Å². The van der Waals surface area contributed by atoms with Gasteiger partial charge in [0.05, 0.1) is 0 Å². The van der Waals surface area contributed by atoms with Crippen molar-refractivity contribution in [1.82, 2.24) is 0 Å². The zero-order valence-electron chi connectivity index (χ0n) is 8.63. The number of nitrogens with two attached hydrogens (primary N) is 1. The van der Waals surface area contributed by atoms with Crippen molar-refractivity contribution in [3.63, 3.8) is 0 Å². The molecule has 0 aliphatic rings. The molecule has 0 atom stereocenters. The Morgan fingerprint density at radius 3 is 2.79 bits per heavy atom. The van der Waals surface area contributed by atoms with Crippen LogP contribution in [0.1, 0.15) is 24.5 Å².